The molecule has 0 saturated heterocycles. The molecular weight excluding hydrogens is 409 g/mol. The van der Waals surface area contributed by atoms with E-state index in [4.69, 9.17) is 15.2 Å². The summed E-state index contributed by atoms with van der Waals surface area (Å²) in [6.07, 6.45) is 4.20. The van der Waals surface area contributed by atoms with Crippen LogP contribution in [0.2, 0.25) is 0 Å². The van der Waals surface area contributed by atoms with Gasteiger partial charge in [0.2, 0.25) is 12.7 Å². The quantitative estimate of drug-likeness (QED) is 0.774. The Kier molecular flexibility index (Phi) is 7.73. The number of hydrogen-bond donors (Lipinski definition) is 2. The molecule has 4 rings (SSSR count). The van der Waals surface area contributed by atoms with Crippen molar-refractivity contribution in [2.75, 3.05) is 6.79 Å². The van der Waals surface area contributed by atoms with Crippen molar-refractivity contribution in [2.24, 2.45) is 5.73 Å². The summed E-state index contributed by atoms with van der Waals surface area (Å²) in [5, 5.41) is 5.92. The molecule has 3 N–H and O–H groups in total. The normalized spacial score (nSPS) is 20.3. The number of aromatic nitrogens is 1. The molecule has 148 valence electrons. The van der Waals surface area contributed by atoms with Gasteiger partial charge in [0.15, 0.2) is 11.5 Å². The Labute approximate surface area is 174 Å². The number of carbonyl (C=O) groups excluding carboxylic acids is 1. The lowest BCUT2D eigenvalue weighted by molar-refractivity contribution is -0.121. The Balaban J connectivity index is 0.00000131. The van der Waals surface area contributed by atoms with Crippen molar-refractivity contribution in [1.82, 2.24) is 10.3 Å². The lowest BCUT2D eigenvalue weighted by atomic mass is 9.92. The summed E-state index contributed by atoms with van der Waals surface area (Å²) in [5.74, 6) is 1.53. The Bertz CT molecular complexity index is 779. The van der Waals surface area contributed by atoms with E-state index in [1.807, 2.05) is 23.6 Å². The van der Waals surface area contributed by atoms with Crippen molar-refractivity contribution in [1.29, 1.82) is 0 Å². The highest BCUT2D eigenvalue weighted by atomic mass is 35.5. The number of ether oxygens (including phenoxy) is 2. The van der Waals surface area contributed by atoms with Gasteiger partial charge in [-0.3, -0.25) is 4.79 Å². The maximum absolute atomic E-state index is 12.2. The molecule has 0 atom stereocenters. The second-order valence-corrected chi connectivity index (χ2v) is 7.43. The number of nitrogens with two attached hydrogens (primary N) is 1. The van der Waals surface area contributed by atoms with Gasteiger partial charge in [0.25, 0.3) is 0 Å². The van der Waals surface area contributed by atoms with Crippen molar-refractivity contribution in [3.63, 3.8) is 0 Å². The summed E-state index contributed by atoms with van der Waals surface area (Å²) in [6, 6.07) is 6.31. The third-order valence-corrected chi connectivity index (χ3v) is 5.59. The number of amides is 1. The molecule has 0 unspecified atom stereocenters. The Hall–Kier alpha value is -1.54. The first-order chi connectivity index (χ1) is 12.2. The minimum Gasteiger partial charge on any atom is -0.454 e. The molecule has 1 saturated carbocycles. The van der Waals surface area contributed by atoms with Crippen molar-refractivity contribution in [2.45, 2.75) is 44.2 Å². The Morgan fingerprint density at radius 1 is 1.19 bits per heavy atom. The van der Waals surface area contributed by atoms with Crippen LogP contribution in [0.25, 0.3) is 10.6 Å². The van der Waals surface area contributed by atoms with Gasteiger partial charge < -0.3 is 20.5 Å². The third-order valence-electron chi connectivity index (χ3n) is 4.65. The Morgan fingerprint density at radius 2 is 1.93 bits per heavy atom. The number of hydrogen-bond acceptors (Lipinski definition) is 6. The second kappa shape index (κ2) is 9.59. The molecule has 0 radical (unpaired) electrons. The summed E-state index contributed by atoms with van der Waals surface area (Å²) >= 11 is 1.53. The zero-order valence-electron chi connectivity index (χ0n) is 14.7. The summed E-state index contributed by atoms with van der Waals surface area (Å²) in [6.45, 7) is 0.258. The molecular formula is C18H23Cl2N3O3S. The molecule has 27 heavy (non-hydrogen) atoms. The van der Waals surface area contributed by atoms with Crippen LogP contribution in [0.5, 0.6) is 11.5 Å². The molecule has 1 amide bonds. The van der Waals surface area contributed by atoms with Crippen molar-refractivity contribution < 1.29 is 14.3 Å². The van der Waals surface area contributed by atoms with Gasteiger partial charge in [-0.15, -0.1) is 36.2 Å². The second-order valence-electron chi connectivity index (χ2n) is 6.57. The van der Waals surface area contributed by atoms with Crippen LogP contribution in [0.15, 0.2) is 23.6 Å². The number of thiazole rings is 1. The van der Waals surface area contributed by atoms with E-state index in [1.54, 1.807) is 0 Å². The van der Waals surface area contributed by atoms with Gasteiger partial charge in [0, 0.05) is 23.0 Å². The van der Waals surface area contributed by atoms with Gasteiger partial charge in [-0.05, 0) is 43.9 Å². The number of halogens is 2. The topological polar surface area (TPSA) is 86.5 Å². The van der Waals surface area contributed by atoms with Crippen molar-refractivity contribution in [3.8, 4) is 22.1 Å². The van der Waals surface area contributed by atoms with Crippen LogP contribution in [0.4, 0.5) is 0 Å². The standard InChI is InChI=1S/C18H21N3O3S.2ClH/c19-12-2-4-13(5-3-12)20-17(22)8-14-9-25-18(21-14)11-1-6-15-16(7-11)24-10-23-15;;/h1,6-7,9,12-13H,2-5,8,10,19H2,(H,20,22);2*1H. The fourth-order valence-electron chi connectivity index (χ4n) is 3.26. The van der Waals surface area contributed by atoms with Gasteiger partial charge >= 0.3 is 0 Å². The van der Waals surface area contributed by atoms with E-state index in [0.717, 1.165) is 53.4 Å². The van der Waals surface area contributed by atoms with E-state index in [1.165, 1.54) is 11.3 Å². The van der Waals surface area contributed by atoms with Gasteiger partial charge in [-0.1, -0.05) is 0 Å². The molecule has 6 nitrogen and oxygen atoms in total. The van der Waals surface area contributed by atoms with Crippen LogP contribution >= 0.6 is 36.2 Å². The summed E-state index contributed by atoms with van der Waals surface area (Å²) in [5.41, 5.74) is 7.67. The van der Waals surface area contributed by atoms with Gasteiger partial charge in [0.1, 0.15) is 5.01 Å². The van der Waals surface area contributed by atoms with Crippen LogP contribution in [0.3, 0.4) is 0 Å². The van der Waals surface area contributed by atoms with Crippen LogP contribution in [0.1, 0.15) is 31.4 Å². The number of carbonyl (C=O) groups is 1. The molecule has 0 bridgehead atoms. The highest BCUT2D eigenvalue weighted by Gasteiger charge is 2.21. The first-order valence-corrected chi connectivity index (χ1v) is 9.45. The number of nitrogens with one attached hydrogen (secondary N) is 1. The molecule has 2 aliphatic rings. The molecule has 1 aromatic heterocycles. The Morgan fingerprint density at radius 3 is 2.70 bits per heavy atom. The summed E-state index contributed by atoms with van der Waals surface area (Å²) in [4.78, 5) is 16.8. The zero-order chi connectivity index (χ0) is 17.2. The van der Waals surface area contributed by atoms with Crippen LogP contribution in [-0.2, 0) is 11.2 Å². The SMILES string of the molecule is Cl.Cl.NC1CCC(NC(=O)Cc2csc(-c3ccc4c(c3)OCO4)n2)CC1. The van der Waals surface area contributed by atoms with Crippen LogP contribution in [0, 0.1) is 0 Å². The lowest BCUT2D eigenvalue weighted by Gasteiger charge is -2.26. The molecule has 9 heteroatoms. The van der Waals surface area contributed by atoms with Crippen LogP contribution in [-0.4, -0.2) is 29.8 Å². The first kappa shape index (κ1) is 21.8. The van der Waals surface area contributed by atoms with E-state index in [2.05, 4.69) is 10.3 Å². The first-order valence-electron chi connectivity index (χ1n) is 8.57. The van der Waals surface area contributed by atoms with Gasteiger partial charge in [0.05, 0.1) is 12.1 Å². The largest absolute Gasteiger partial charge is 0.454 e. The number of benzene rings is 1. The molecule has 1 fully saturated rings. The van der Waals surface area contributed by atoms with E-state index in [0.29, 0.717) is 6.42 Å². The molecule has 2 aromatic rings. The van der Waals surface area contributed by atoms with Gasteiger partial charge in [-0.25, -0.2) is 4.98 Å². The fourth-order valence-corrected chi connectivity index (χ4v) is 4.07. The van der Waals surface area contributed by atoms with Crippen molar-refractivity contribution in [3.05, 3.63) is 29.3 Å². The lowest BCUT2D eigenvalue weighted by Crippen LogP contribution is -2.41. The summed E-state index contributed by atoms with van der Waals surface area (Å²) < 4.78 is 10.7. The highest BCUT2D eigenvalue weighted by molar-refractivity contribution is 7.13. The third kappa shape index (κ3) is 5.25. The molecule has 1 aliphatic carbocycles. The predicted octanol–water partition coefficient (Wildman–Crippen LogP) is 3.31. The minimum absolute atomic E-state index is 0. The smallest absolute Gasteiger partial charge is 0.231 e. The molecule has 1 aromatic carbocycles. The monoisotopic (exact) mass is 431 g/mol. The molecule has 2 heterocycles. The zero-order valence-corrected chi connectivity index (χ0v) is 17.1. The summed E-state index contributed by atoms with van der Waals surface area (Å²) in [7, 11) is 0. The predicted molar refractivity (Wildman–Crippen MR) is 110 cm³/mol. The number of fused-ring (bicyclic) bond motifs is 1. The maximum atomic E-state index is 12.2. The molecule has 0 spiro atoms. The van der Waals surface area contributed by atoms with E-state index in [-0.39, 0.29) is 49.6 Å². The number of nitrogens with zero attached hydrogens (tertiary/aromatic N) is 1. The minimum atomic E-state index is 0. The van der Waals surface area contributed by atoms with E-state index >= 15 is 0 Å². The average molecular weight is 432 g/mol. The number of rotatable bonds is 4. The molecule has 1 aliphatic heterocycles. The van der Waals surface area contributed by atoms with Gasteiger partial charge in [-0.2, -0.15) is 0 Å². The fraction of sp³-hybridized carbons (Fsp3) is 0.444. The van der Waals surface area contributed by atoms with E-state index < -0.39 is 0 Å². The van der Waals surface area contributed by atoms with E-state index in [9.17, 15) is 4.79 Å². The average Bonchev–Trinajstić information content (AvgIpc) is 3.25. The highest BCUT2D eigenvalue weighted by Crippen LogP contribution is 2.36. The maximum Gasteiger partial charge on any atom is 0.231 e. The van der Waals surface area contributed by atoms with Crippen molar-refractivity contribution >= 4 is 42.1 Å². The van der Waals surface area contributed by atoms with Crippen LogP contribution < -0.4 is 20.5 Å².